The first-order chi connectivity index (χ1) is 6.68. The average Bonchev–Trinajstić information content (AvgIpc) is 2.72. The van der Waals surface area contributed by atoms with Crippen molar-refractivity contribution in [2.75, 3.05) is 20.1 Å². The largest absolute Gasteiger partial charge is 0.344 e. The molecule has 0 spiro atoms. The van der Waals surface area contributed by atoms with E-state index < -0.39 is 0 Å². The van der Waals surface area contributed by atoms with Crippen LogP contribution >= 0.6 is 0 Å². The Labute approximate surface area is 85.8 Å². The third-order valence-electron chi connectivity index (χ3n) is 3.52. The Bertz CT molecular complexity index is 223. The second kappa shape index (κ2) is 3.89. The summed E-state index contributed by atoms with van der Waals surface area (Å²) in [5, 5.41) is 3.25. The van der Waals surface area contributed by atoms with Gasteiger partial charge in [0.1, 0.15) is 0 Å². The Balaban J connectivity index is 1.78. The molecular weight excluding hydrogens is 176 g/mol. The molecule has 2 fully saturated rings. The molecule has 2 rings (SSSR count). The van der Waals surface area contributed by atoms with Crippen molar-refractivity contribution in [3.05, 3.63) is 0 Å². The predicted octanol–water partition coefficient (Wildman–Crippen LogP) is 0.853. The molecule has 0 aromatic carbocycles. The average molecular weight is 196 g/mol. The van der Waals surface area contributed by atoms with E-state index in [9.17, 15) is 4.79 Å². The lowest BCUT2D eigenvalue weighted by Gasteiger charge is -2.21. The number of hydrogen-bond donors (Lipinski definition) is 1. The van der Waals surface area contributed by atoms with Crippen LogP contribution in [0.4, 0.5) is 0 Å². The minimum Gasteiger partial charge on any atom is -0.344 e. The first-order valence-corrected chi connectivity index (χ1v) is 5.67. The molecule has 0 aromatic rings. The number of likely N-dealkylation sites (N-methyl/N-ethyl adjacent to an activating group) is 1. The zero-order valence-corrected chi connectivity index (χ0v) is 9.12. The van der Waals surface area contributed by atoms with Crippen molar-refractivity contribution in [3.63, 3.8) is 0 Å². The highest BCUT2D eigenvalue weighted by Crippen LogP contribution is 2.38. The summed E-state index contributed by atoms with van der Waals surface area (Å²) in [5.74, 6) is 1.90. The van der Waals surface area contributed by atoms with Crippen LogP contribution in [-0.4, -0.2) is 37.0 Å². The lowest BCUT2D eigenvalue weighted by atomic mass is 10.2. The van der Waals surface area contributed by atoms with Gasteiger partial charge in [0, 0.05) is 13.6 Å². The van der Waals surface area contributed by atoms with Gasteiger partial charge in [0.05, 0.1) is 6.04 Å². The van der Waals surface area contributed by atoms with Gasteiger partial charge in [0.2, 0.25) is 5.91 Å². The minimum absolute atomic E-state index is 0.106. The van der Waals surface area contributed by atoms with Crippen molar-refractivity contribution < 1.29 is 4.79 Å². The van der Waals surface area contributed by atoms with Crippen molar-refractivity contribution in [2.24, 2.45) is 11.8 Å². The van der Waals surface area contributed by atoms with Gasteiger partial charge in [-0.3, -0.25) is 4.79 Å². The summed E-state index contributed by atoms with van der Waals surface area (Å²) >= 11 is 0. The van der Waals surface area contributed by atoms with Crippen molar-refractivity contribution in [2.45, 2.75) is 32.2 Å². The van der Waals surface area contributed by atoms with Gasteiger partial charge in [-0.15, -0.1) is 0 Å². The molecule has 3 atom stereocenters. The van der Waals surface area contributed by atoms with Crippen LogP contribution in [0.15, 0.2) is 0 Å². The number of nitrogens with one attached hydrogen (secondary N) is 1. The van der Waals surface area contributed by atoms with Gasteiger partial charge >= 0.3 is 0 Å². The van der Waals surface area contributed by atoms with E-state index in [-0.39, 0.29) is 6.04 Å². The lowest BCUT2D eigenvalue weighted by molar-refractivity contribution is -0.132. The van der Waals surface area contributed by atoms with Gasteiger partial charge in [-0.25, -0.2) is 0 Å². The van der Waals surface area contributed by atoms with Crippen LogP contribution in [0, 0.1) is 11.8 Å². The topological polar surface area (TPSA) is 32.3 Å². The second-order valence-corrected chi connectivity index (χ2v) is 4.84. The lowest BCUT2D eigenvalue weighted by Crippen LogP contribution is -2.42. The first kappa shape index (κ1) is 9.97. The van der Waals surface area contributed by atoms with E-state index >= 15 is 0 Å². The molecule has 1 N–H and O–H groups in total. The fourth-order valence-electron chi connectivity index (χ4n) is 2.26. The predicted molar refractivity (Wildman–Crippen MR) is 55.9 cm³/mol. The van der Waals surface area contributed by atoms with Crippen molar-refractivity contribution >= 4 is 5.91 Å². The van der Waals surface area contributed by atoms with Gasteiger partial charge in [0.25, 0.3) is 0 Å². The van der Waals surface area contributed by atoms with Crippen LogP contribution in [-0.2, 0) is 4.79 Å². The Kier molecular flexibility index (Phi) is 2.77. The zero-order valence-electron chi connectivity index (χ0n) is 9.12. The number of carbonyl (C=O) groups excluding carboxylic acids is 1. The van der Waals surface area contributed by atoms with Crippen LogP contribution in [0.3, 0.4) is 0 Å². The molecular formula is C11H20N2O. The molecule has 1 saturated heterocycles. The summed E-state index contributed by atoms with van der Waals surface area (Å²) in [6.45, 7) is 4.22. The van der Waals surface area contributed by atoms with E-state index in [0.717, 1.165) is 37.8 Å². The van der Waals surface area contributed by atoms with E-state index in [1.807, 2.05) is 11.9 Å². The monoisotopic (exact) mass is 196 g/mol. The molecule has 14 heavy (non-hydrogen) atoms. The van der Waals surface area contributed by atoms with Crippen LogP contribution < -0.4 is 5.32 Å². The molecule has 1 amide bonds. The highest BCUT2D eigenvalue weighted by atomic mass is 16.2. The SMILES string of the molecule is CC1CC1CN(C)C(=O)C1CCCN1. The fourth-order valence-corrected chi connectivity index (χ4v) is 2.26. The summed E-state index contributed by atoms with van der Waals surface area (Å²) in [6.07, 6.45) is 3.46. The van der Waals surface area contributed by atoms with Gasteiger partial charge in [-0.2, -0.15) is 0 Å². The Morgan fingerprint density at radius 2 is 2.29 bits per heavy atom. The summed E-state index contributed by atoms with van der Waals surface area (Å²) in [6, 6.07) is 0.106. The molecule has 1 saturated carbocycles. The Morgan fingerprint density at radius 1 is 1.57 bits per heavy atom. The minimum atomic E-state index is 0.106. The van der Waals surface area contributed by atoms with Gasteiger partial charge < -0.3 is 10.2 Å². The third kappa shape index (κ3) is 2.08. The molecule has 3 heteroatoms. The maximum atomic E-state index is 11.9. The quantitative estimate of drug-likeness (QED) is 0.726. The summed E-state index contributed by atoms with van der Waals surface area (Å²) in [7, 11) is 1.94. The number of amides is 1. The van der Waals surface area contributed by atoms with Gasteiger partial charge in [0.15, 0.2) is 0 Å². The number of nitrogens with zero attached hydrogens (tertiary/aromatic N) is 1. The highest BCUT2D eigenvalue weighted by molar-refractivity contribution is 5.81. The van der Waals surface area contributed by atoms with Crippen molar-refractivity contribution in [3.8, 4) is 0 Å². The smallest absolute Gasteiger partial charge is 0.239 e. The van der Waals surface area contributed by atoms with Crippen molar-refractivity contribution in [1.82, 2.24) is 10.2 Å². The van der Waals surface area contributed by atoms with E-state index in [1.165, 1.54) is 6.42 Å². The Hall–Kier alpha value is -0.570. The molecule has 1 heterocycles. The maximum absolute atomic E-state index is 11.9. The van der Waals surface area contributed by atoms with Crippen LogP contribution in [0.1, 0.15) is 26.2 Å². The molecule has 0 aromatic heterocycles. The summed E-state index contributed by atoms with van der Waals surface area (Å²) in [4.78, 5) is 13.8. The molecule has 3 nitrogen and oxygen atoms in total. The fraction of sp³-hybridized carbons (Fsp3) is 0.909. The standard InChI is InChI=1S/C11H20N2O/c1-8-6-9(8)7-13(2)11(14)10-4-3-5-12-10/h8-10,12H,3-7H2,1-2H3. The van der Waals surface area contributed by atoms with Crippen LogP contribution in [0.5, 0.6) is 0 Å². The van der Waals surface area contributed by atoms with E-state index in [4.69, 9.17) is 0 Å². The third-order valence-corrected chi connectivity index (χ3v) is 3.52. The summed E-state index contributed by atoms with van der Waals surface area (Å²) in [5.41, 5.74) is 0. The number of hydrogen-bond acceptors (Lipinski definition) is 2. The van der Waals surface area contributed by atoms with Gasteiger partial charge in [-0.1, -0.05) is 6.92 Å². The van der Waals surface area contributed by atoms with E-state index in [2.05, 4.69) is 12.2 Å². The molecule has 2 aliphatic rings. The zero-order chi connectivity index (χ0) is 10.1. The highest BCUT2D eigenvalue weighted by Gasteiger charge is 2.35. The molecule has 0 bridgehead atoms. The van der Waals surface area contributed by atoms with E-state index in [0.29, 0.717) is 5.91 Å². The van der Waals surface area contributed by atoms with E-state index in [1.54, 1.807) is 0 Å². The van der Waals surface area contributed by atoms with Crippen molar-refractivity contribution in [1.29, 1.82) is 0 Å². The van der Waals surface area contributed by atoms with Crippen LogP contribution in [0.2, 0.25) is 0 Å². The molecule has 1 aliphatic carbocycles. The molecule has 0 radical (unpaired) electrons. The normalized spacial score (nSPS) is 35.7. The molecule has 80 valence electrons. The first-order valence-electron chi connectivity index (χ1n) is 5.67. The van der Waals surface area contributed by atoms with Gasteiger partial charge in [-0.05, 0) is 37.6 Å². The molecule has 1 aliphatic heterocycles. The molecule has 3 unspecified atom stereocenters. The van der Waals surface area contributed by atoms with Crippen LogP contribution in [0.25, 0.3) is 0 Å². The number of carbonyl (C=O) groups is 1. The Morgan fingerprint density at radius 3 is 2.79 bits per heavy atom. The second-order valence-electron chi connectivity index (χ2n) is 4.84. The maximum Gasteiger partial charge on any atom is 0.239 e. The number of rotatable bonds is 3. The summed E-state index contributed by atoms with van der Waals surface area (Å²) < 4.78 is 0.